The summed E-state index contributed by atoms with van der Waals surface area (Å²) in [7, 11) is 0. The van der Waals surface area contributed by atoms with Gasteiger partial charge in [-0.05, 0) is 55.9 Å². The van der Waals surface area contributed by atoms with E-state index < -0.39 is 5.60 Å². The molecule has 5 heterocycles. The van der Waals surface area contributed by atoms with Crippen LogP contribution in [0.4, 0.5) is 0 Å². The van der Waals surface area contributed by atoms with Crippen molar-refractivity contribution in [2.45, 2.75) is 58.6 Å². The fourth-order valence-corrected chi connectivity index (χ4v) is 5.90. The minimum atomic E-state index is -0.499. The van der Waals surface area contributed by atoms with E-state index in [0.29, 0.717) is 5.92 Å². The number of nitrogens with zero attached hydrogens (tertiary/aromatic N) is 4. The van der Waals surface area contributed by atoms with Gasteiger partial charge in [-0.3, -0.25) is 4.90 Å². The zero-order chi connectivity index (χ0) is 21.0. The molecule has 158 valence electrons. The smallest absolute Gasteiger partial charge is 0.158 e. The van der Waals surface area contributed by atoms with E-state index >= 15 is 0 Å². The Labute approximate surface area is 180 Å². The number of H-pyrrole nitrogens is 1. The number of aliphatic hydroxyl groups is 1. The molecule has 0 bridgehead atoms. The van der Waals surface area contributed by atoms with Gasteiger partial charge in [-0.1, -0.05) is 13.8 Å². The molecule has 5 rings (SSSR count). The summed E-state index contributed by atoms with van der Waals surface area (Å²) in [4.78, 5) is 11.9. The molecule has 2 N–H and O–H groups in total. The van der Waals surface area contributed by atoms with Crippen LogP contribution in [0.2, 0.25) is 0 Å². The fraction of sp³-hybridized carbons (Fsp3) is 0.478. The molecule has 1 aliphatic rings. The number of likely N-dealkylation sites (tertiary alicyclic amines) is 1. The summed E-state index contributed by atoms with van der Waals surface area (Å²) in [6, 6.07) is 4.51. The largest absolute Gasteiger partial charge is 0.390 e. The molecular formula is C23H29N5OS. The normalized spacial score (nSPS) is 17.5. The molecular weight excluding hydrogens is 394 g/mol. The monoisotopic (exact) mass is 423 g/mol. The van der Waals surface area contributed by atoms with Gasteiger partial charge in [0.05, 0.1) is 21.5 Å². The second-order valence-corrected chi connectivity index (χ2v) is 10.4. The Bertz CT molecular complexity index is 1210. The Morgan fingerprint density at radius 3 is 2.77 bits per heavy atom. The van der Waals surface area contributed by atoms with E-state index in [4.69, 9.17) is 0 Å². The molecule has 4 aromatic rings. The van der Waals surface area contributed by atoms with E-state index in [1.54, 1.807) is 6.33 Å². The first-order valence-electron chi connectivity index (χ1n) is 10.7. The summed E-state index contributed by atoms with van der Waals surface area (Å²) in [5, 5.41) is 14.6. The molecule has 0 saturated carbocycles. The van der Waals surface area contributed by atoms with Crippen LogP contribution in [-0.2, 0) is 6.54 Å². The standard InChI is InChI=1S/C23H29N5OS/c1-14(2)19-20(16-9-15(3)22-24-13-25-28(22)11-16)26-18-10-17(30-21(18)19)12-27-7-5-23(4,29)6-8-27/h9-11,13-14,26,29H,5-8,12H2,1-4H3. The van der Waals surface area contributed by atoms with E-state index in [9.17, 15) is 5.11 Å². The van der Waals surface area contributed by atoms with Crippen molar-refractivity contribution in [2.75, 3.05) is 13.1 Å². The lowest BCUT2D eigenvalue weighted by molar-refractivity contribution is -0.00706. The molecule has 0 atom stereocenters. The number of pyridine rings is 1. The van der Waals surface area contributed by atoms with Crippen LogP contribution in [-0.4, -0.2) is 48.3 Å². The lowest BCUT2D eigenvalue weighted by Crippen LogP contribution is -2.41. The van der Waals surface area contributed by atoms with E-state index in [0.717, 1.165) is 49.2 Å². The number of hydrogen-bond acceptors (Lipinski definition) is 5. The van der Waals surface area contributed by atoms with Crippen LogP contribution < -0.4 is 0 Å². The van der Waals surface area contributed by atoms with E-state index in [1.807, 2.05) is 22.8 Å². The Morgan fingerprint density at radius 1 is 1.27 bits per heavy atom. The molecule has 0 amide bonds. The third-order valence-electron chi connectivity index (χ3n) is 6.29. The van der Waals surface area contributed by atoms with Gasteiger partial charge in [0, 0.05) is 36.3 Å². The number of fused-ring (bicyclic) bond motifs is 2. The maximum atomic E-state index is 10.2. The van der Waals surface area contributed by atoms with Crippen molar-refractivity contribution >= 4 is 27.2 Å². The van der Waals surface area contributed by atoms with Gasteiger partial charge in [0.25, 0.3) is 0 Å². The molecule has 7 heteroatoms. The summed E-state index contributed by atoms with van der Waals surface area (Å²) < 4.78 is 3.22. The number of nitrogens with one attached hydrogen (secondary N) is 1. The van der Waals surface area contributed by atoms with Gasteiger partial charge in [0.2, 0.25) is 0 Å². The number of hydrogen-bond donors (Lipinski definition) is 2. The average Bonchev–Trinajstić information content (AvgIpc) is 3.37. The third kappa shape index (κ3) is 3.45. The maximum absolute atomic E-state index is 10.2. The number of thiophene rings is 1. The van der Waals surface area contributed by atoms with Crippen molar-refractivity contribution in [1.29, 1.82) is 0 Å². The minimum absolute atomic E-state index is 0.414. The van der Waals surface area contributed by atoms with Crippen LogP contribution in [0.1, 0.15) is 55.5 Å². The van der Waals surface area contributed by atoms with Crippen molar-refractivity contribution in [3.63, 3.8) is 0 Å². The highest BCUT2D eigenvalue weighted by Crippen LogP contribution is 2.40. The van der Waals surface area contributed by atoms with Crippen LogP contribution in [0.25, 0.3) is 27.1 Å². The predicted octanol–water partition coefficient (Wildman–Crippen LogP) is 4.72. The fourth-order valence-electron chi connectivity index (χ4n) is 4.55. The quantitative estimate of drug-likeness (QED) is 0.498. The maximum Gasteiger partial charge on any atom is 0.158 e. The lowest BCUT2D eigenvalue weighted by atomic mass is 9.94. The second-order valence-electron chi connectivity index (χ2n) is 9.24. The van der Waals surface area contributed by atoms with E-state index in [2.05, 4.69) is 59.1 Å². The Morgan fingerprint density at radius 2 is 2.03 bits per heavy atom. The molecule has 0 radical (unpaired) electrons. The molecule has 1 saturated heterocycles. The molecule has 0 aromatic carbocycles. The van der Waals surface area contributed by atoms with Gasteiger partial charge in [0.15, 0.2) is 5.65 Å². The molecule has 1 aliphatic heterocycles. The summed E-state index contributed by atoms with van der Waals surface area (Å²) in [6.45, 7) is 11.4. The zero-order valence-electron chi connectivity index (χ0n) is 18.1. The number of aryl methyl sites for hydroxylation is 1. The topological polar surface area (TPSA) is 69.5 Å². The van der Waals surface area contributed by atoms with Crippen LogP contribution in [0.3, 0.4) is 0 Å². The molecule has 6 nitrogen and oxygen atoms in total. The van der Waals surface area contributed by atoms with E-state index in [-0.39, 0.29) is 0 Å². The summed E-state index contributed by atoms with van der Waals surface area (Å²) in [5.41, 5.74) is 6.46. The molecule has 0 spiro atoms. The van der Waals surface area contributed by atoms with E-state index in [1.165, 1.54) is 26.4 Å². The highest BCUT2D eigenvalue weighted by molar-refractivity contribution is 7.19. The molecule has 4 aromatic heterocycles. The SMILES string of the molecule is Cc1cc(-c2[nH]c3cc(CN4CCC(C)(O)CC4)sc3c2C(C)C)cn2ncnc12. The van der Waals surface area contributed by atoms with Gasteiger partial charge < -0.3 is 10.1 Å². The summed E-state index contributed by atoms with van der Waals surface area (Å²) in [6.07, 6.45) is 5.37. The Balaban J connectivity index is 1.50. The molecule has 1 fully saturated rings. The first-order chi connectivity index (χ1) is 14.3. The minimum Gasteiger partial charge on any atom is -0.390 e. The average molecular weight is 424 g/mol. The third-order valence-corrected chi connectivity index (χ3v) is 7.45. The number of aromatic nitrogens is 4. The van der Waals surface area contributed by atoms with Gasteiger partial charge in [0.1, 0.15) is 6.33 Å². The van der Waals surface area contributed by atoms with Crippen molar-refractivity contribution in [1.82, 2.24) is 24.5 Å². The van der Waals surface area contributed by atoms with Crippen molar-refractivity contribution in [3.05, 3.63) is 40.7 Å². The number of rotatable bonds is 4. The number of piperidine rings is 1. The van der Waals surface area contributed by atoms with Crippen molar-refractivity contribution < 1.29 is 5.11 Å². The predicted molar refractivity (Wildman–Crippen MR) is 122 cm³/mol. The second kappa shape index (κ2) is 7.18. The Hall–Kier alpha value is -2.22. The lowest BCUT2D eigenvalue weighted by Gasteiger charge is -2.35. The van der Waals surface area contributed by atoms with Crippen LogP contribution in [0, 0.1) is 6.92 Å². The van der Waals surface area contributed by atoms with Gasteiger partial charge in [-0.15, -0.1) is 11.3 Å². The Kier molecular flexibility index (Phi) is 4.72. The molecule has 30 heavy (non-hydrogen) atoms. The van der Waals surface area contributed by atoms with Crippen LogP contribution in [0.5, 0.6) is 0 Å². The zero-order valence-corrected chi connectivity index (χ0v) is 18.9. The van der Waals surface area contributed by atoms with Crippen molar-refractivity contribution in [3.8, 4) is 11.3 Å². The van der Waals surface area contributed by atoms with Crippen LogP contribution >= 0.6 is 11.3 Å². The summed E-state index contributed by atoms with van der Waals surface area (Å²) in [5.74, 6) is 0.414. The van der Waals surface area contributed by atoms with Gasteiger partial charge in [-0.25, -0.2) is 9.50 Å². The van der Waals surface area contributed by atoms with Gasteiger partial charge in [-0.2, -0.15) is 5.10 Å². The van der Waals surface area contributed by atoms with Crippen molar-refractivity contribution in [2.24, 2.45) is 0 Å². The first kappa shape index (κ1) is 19.7. The number of aromatic amines is 1. The van der Waals surface area contributed by atoms with Crippen LogP contribution in [0.15, 0.2) is 24.7 Å². The first-order valence-corrected chi connectivity index (χ1v) is 11.5. The highest BCUT2D eigenvalue weighted by Gasteiger charge is 2.28. The molecule has 0 unspecified atom stereocenters. The highest BCUT2D eigenvalue weighted by atomic mass is 32.1. The molecule has 0 aliphatic carbocycles. The summed E-state index contributed by atoms with van der Waals surface area (Å²) >= 11 is 1.90. The van der Waals surface area contributed by atoms with Gasteiger partial charge >= 0.3 is 0 Å².